The fourth-order valence-electron chi connectivity index (χ4n) is 1.68. The molecule has 0 saturated carbocycles. The van der Waals surface area contributed by atoms with Gasteiger partial charge < -0.3 is 10.3 Å². The van der Waals surface area contributed by atoms with Crippen LogP contribution >= 0.6 is 27.7 Å². The van der Waals surface area contributed by atoms with E-state index in [9.17, 15) is 4.79 Å². The van der Waals surface area contributed by atoms with Gasteiger partial charge in [-0.2, -0.15) is 0 Å². The molecule has 2 rings (SSSR count). The number of benzene rings is 1. The van der Waals surface area contributed by atoms with Crippen molar-refractivity contribution in [1.29, 1.82) is 0 Å². The van der Waals surface area contributed by atoms with Crippen molar-refractivity contribution in [1.82, 2.24) is 15.3 Å². The normalized spacial score (nSPS) is 12.2. The van der Waals surface area contributed by atoms with E-state index < -0.39 is 0 Å². The molecule has 2 N–H and O–H groups in total. The van der Waals surface area contributed by atoms with Gasteiger partial charge in [-0.15, -0.1) is 0 Å². The van der Waals surface area contributed by atoms with Crippen LogP contribution in [0.4, 0.5) is 0 Å². The molecule has 1 aromatic heterocycles. The van der Waals surface area contributed by atoms with Crippen LogP contribution in [0.25, 0.3) is 11.3 Å². The molecule has 0 saturated heterocycles. The van der Waals surface area contributed by atoms with E-state index in [1.54, 1.807) is 6.20 Å². The number of nitrogens with zero attached hydrogens (tertiary/aromatic N) is 1. The highest BCUT2D eigenvalue weighted by Gasteiger charge is 2.15. The van der Waals surface area contributed by atoms with Crippen LogP contribution in [0, 0.1) is 0 Å². The Bertz CT molecular complexity index is 582. The number of halogens is 1. The van der Waals surface area contributed by atoms with Gasteiger partial charge in [-0.25, -0.2) is 4.98 Å². The van der Waals surface area contributed by atoms with Gasteiger partial charge in [0.15, 0.2) is 5.16 Å². The lowest BCUT2D eigenvalue weighted by molar-refractivity contribution is -0.120. The number of H-pyrrole nitrogens is 1. The summed E-state index contributed by atoms with van der Waals surface area (Å²) in [4.78, 5) is 19.2. The Kier molecular flexibility index (Phi) is 5.25. The lowest BCUT2D eigenvalue weighted by Gasteiger charge is -2.08. The molecule has 0 spiro atoms. The minimum atomic E-state index is -0.168. The highest BCUT2D eigenvalue weighted by molar-refractivity contribution is 9.10. The lowest BCUT2D eigenvalue weighted by Crippen LogP contribution is -2.30. The molecule has 106 valence electrons. The van der Waals surface area contributed by atoms with Gasteiger partial charge in [-0.1, -0.05) is 39.8 Å². The van der Waals surface area contributed by atoms with Crippen molar-refractivity contribution in [2.45, 2.75) is 24.3 Å². The summed E-state index contributed by atoms with van der Waals surface area (Å²) in [6.07, 6.45) is 1.79. The van der Waals surface area contributed by atoms with E-state index in [4.69, 9.17) is 0 Å². The third-order valence-corrected chi connectivity index (χ3v) is 4.24. The van der Waals surface area contributed by atoms with Gasteiger partial charge in [0.25, 0.3) is 0 Å². The van der Waals surface area contributed by atoms with Crippen LogP contribution in [0.5, 0.6) is 0 Å². The minimum absolute atomic E-state index is 0.0269. The first-order valence-electron chi connectivity index (χ1n) is 6.35. The number of hydrogen-bond donors (Lipinski definition) is 2. The zero-order chi connectivity index (χ0) is 14.5. The average Bonchev–Trinajstić information content (AvgIpc) is 2.88. The van der Waals surface area contributed by atoms with E-state index >= 15 is 0 Å². The summed E-state index contributed by atoms with van der Waals surface area (Å²) in [6.45, 7) is 4.43. The molecule has 0 bridgehead atoms. The van der Waals surface area contributed by atoms with Gasteiger partial charge in [0.05, 0.1) is 17.1 Å². The van der Waals surface area contributed by atoms with Crippen molar-refractivity contribution >= 4 is 33.6 Å². The highest BCUT2D eigenvalue weighted by Crippen LogP contribution is 2.25. The number of aromatic nitrogens is 2. The summed E-state index contributed by atoms with van der Waals surface area (Å²) in [5, 5.41) is 3.39. The first-order valence-corrected chi connectivity index (χ1v) is 8.02. The SMILES string of the molecule is CCNC(=O)[C@H](C)Sc1ncc(-c2ccc(Br)cc2)[nH]1. The Morgan fingerprint density at radius 1 is 1.45 bits per heavy atom. The number of amides is 1. The third-order valence-electron chi connectivity index (χ3n) is 2.72. The lowest BCUT2D eigenvalue weighted by atomic mass is 10.2. The molecule has 1 aromatic carbocycles. The first-order chi connectivity index (χ1) is 9.60. The summed E-state index contributed by atoms with van der Waals surface area (Å²) >= 11 is 4.83. The molecule has 1 heterocycles. The predicted octanol–water partition coefficient (Wildman–Crippen LogP) is 3.46. The van der Waals surface area contributed by atoms with Gasteiger partial charge >= 0.3 is 0 Å². The molecule has 0 aliphatic heterocycles. The summed E-state index contributed by atoms with van der Waals surface area (Å²) in [6, 6.07) is 8.00. The van der Waals surface area contributed by atoms with Gasteiger partial charge in [0.1, 0.15) is 0 Å². The van der Waals surface area contributed by atoms with Crippen LogP contribution in [0.1, 0.15) is 13.8 Å². The number of carbonyl (C=O) groups excluding carboxylic acids is 1. The van der Waals surface area contributed by atoms with Crippen LogP contribution in [0.3, 0.4) is 0 Å². The van der Waals surface area contributed by atoms with E-state index in [-0.39, 0.29) is 11.2 Å². The topological polar surface area (TPSA) is 57.8 Å². The second-order valence-electron chi connectivity index (χ2n) is 4.26. The zero-order valence-corrected chi connectivity index (χ0v) is 13.7. The maximum absolute atomic E-state index is 11.7. The number of rotatable bonds is 5. The van der Waals surface area contributed by atoms with Crippen LogP contribution in [0.2, 0.25) is 0 Å². The van der Waals surface area contributed by atoms with Crippen LogP contribution in [0.15, 0.2) is 40.1 Å². The van der Waals surface area contributed by atoms with Crippen molar-refractivity contribution in [2.24, 2.45) is 0 Å². The maximum Gasteiger partial charge on any atom is 0.233 e. The Balaban J connectivity index is 2.05. The number of hydrogen-bond acceptors (Lipinski definition) is 3. The van der Waals surface area contributed by atoms with E-state index in [2.05, 4.69) is 31.2 Å². The average molecular weight is 354 g/mol. The Morgan fingerprint density at radius 3 is 2.80 bits per heavy atom. The molecular formula is C14H16BrN3OS. The summed E-state index contributed by atoms with van der Waals surface area (Å²) in [5.41, 5.74) is 2.02. The number of nitrogens with one attached hydrogen (secondary N) is 2. The zero-order valence-electron chi connectivity index (χ0n) is 11.3. The first kappa shape index (κ1) is 15.1. The number of thioether (sulfide) groups is 1. The van der Waals surface area contributed by atoms with Crippen molar-refractivity contribution in [3.63, 3.8) is 0 Å². The fourth-order valence-corrected chi connectivity index (χ4v) is 2.75. The second kappa shape index (κ2) is 6.95. The smallest absolute Gasteiger partial charge is 0.233 e. The maximum atomic E-state index is 11.7. The van der Waals surface area contributed by atoms with Crippen LogP contribution in [-0.4, -0.2) is 27.7 Å². The molecule has 0 radical (unpaired) electrons. The van der Waals surface area contributed by atoms with Crippen molar-refractivity contribution < 1.29 is 4.79 Å². The van der Waals surface area contributed by atoms with Crippen LogP contribution in [-0.2, 0) is 4.79 Å². The standard InChI is InChI=1S/C14H16BrN3OS/c1-3-16-13(19)9(2)20-14-17-8-12(18-14)10-4-6-11(15)7-5-10/h4-9H,3H2,1-2H3,(H,16,19)(H,17,18)/t9-/m0/s1. The molecule has 0 fully saturated rings. The van der Waals surface area contributed by atoms with E-state index in [1.165, 1.54) is 11.8 Å². The molecular weight excluding hydrogens is 338 g/mol. The monoisotopic (exact) mass is 353 g/mol. The number of carbonyl (C=O) groups is 1. The largest absolute Gasteiger partial charge is 0.355 e. The van der Waals surface area contributed by atoms with E-state index in [1.807, 2.05) is 38.1 Å². The Hall–Kier alpha value is -1.27. The molecule has 6 heteroatoms. The molecule has 1 amide bonds. The van der Waals surface area contributed by atoms with Crippen molar-refractivity contribution in [3.05, 3.63) is 34.9 Å². The summed E-state index contributed by atoms with van der Waals surface area (Å²) in [7, 11) is 0. The Labute approximate surface area is 130 Å². The van der Waals surface area contributed by atoms with E-state index in [0.29, 0.717) is 6.54 Å². The second-order valence-corrected chi connectivity index (χ2v) is 6.51. The highest BCUT2D eigenvalue weighted by atomic mass is 79.9. The molecule has 0 aliphatic rings. The van der Waals surface area contributed by atoms with Crippen molar-refractivity contribution in [2.75, 3.05) is 6.54 Å². The number of imidazole rings is 1. The van der Waals surface area contributed by atoms with Gasteiger partial charge in [0, 0.05) is 11.0 Å². The fraction of sp³-hybridized carbons (Fsp3) is 0.286. The van der Waals surface area contributed by atoms with Gasteiger partial charge in [-0.05, 0) is 31.5 Å². The summed E-state index contributed by atoms with van der Waals surface area (Å²) < 4.78 is 1.04. The van der Waals surface area contributed by atoms with E-state index in [0.717, 1.165) is 20.9 Å². The minimum Gasteiger partial charge on any atom is -0.355 e. The number of aromatic amines is 1. The molecule has 0 unspecified atom stereocenters. The molecule has 0 aliphatic carbocycles. The van der Waals surface area contributed by atoms with Crippen molar-refractivity contribution in [3.8, 4) is 11.3 Å². The predicted molar refractivity (Wildman–Crippen MR) is 85.7 cm³/mol. The molecule has 1 atom stereocenters. The summed E-state index contributed by atoms with van der Waals surface area (Å²) in [5.74, 6) is 0.0269. The van der Waals surface area contributed by atoms with Gasteiger partial charge in [0.2, 0.25) is 5.91 Å². The van der Waals surface area contributed by atoms with Crippen LogP contribution < -0.4 is 5.32 Å². The third kappa shape index (κ3) is 3.86. The molecule has 2 aromatic rings. The molecule has 20 heavy (non-hydrogen) atoms. The quantitative estimate of drug-likeness (QED) is 0.809. The molecule has 4 nitrogen and oxygen atoms in total. The van der Waals surface area contributed by atoms with Gasteiger partial charge in [-0.3, -0.25) is 4.79 Å². The Morgan fingerprint density at radius 2 is 2.15 bits per heavy atom.